The summed E-state index contributed by atoms with van der Waals surface area (Å²) in [6, 6.07) is 18.8. The molecule has 0 amide bonds. The third-order valence-electron chi connectivity index (χ3n) is 7.39. The van der Waals surface area contributed by atoms with E-state index in [9.17, 15) is 4.79 Å². The lowest BCUT2D eigenvalue weighted by atomic mass is 9.78. The van der Waals surface area contributed by atoms with E-state index >= 15 is 0 Å². The van der Waals surface area contributed by atoms with Crippen LogP contribution < -0.4 is 15.8 Å². The van der Waals surface area contributed by atoms with Crippen molar-refractivity contribution in [1.29, 1.82) is 0 Å². The van der Waals surface area contributed by atoms with Gasteiger partial charge in [-0.3, -0.25) is 9.69 Å². The Morgan fingerprint density at radius 1 is 1.17 bits per heavy atom. The van der Waals surface area contributed by atoms with Crippen LogP contribution in [-0.4, -0.2) is 38.2 Å². The second-order valence-electron chi connectivity index (χ2n) is 9.63. The summed E-state index contributed by atoms with van der Waals surface area (Å²) in [6.45, 7) is 9.24. The number of benzene rings is 3. The Morgan fingerprint density at radius 2 is 1.94 bits per heavy atom. The minimum atomic E-state index is -0.373. The van der Waals surface area contributed by atoms with E-state index in [1.54, 1.807) is 0 Å². The Morgan fingerprint density at radius 3 is 2.69 bits per heavy atom. The monoisotopic (exact) mass is 487 g/mol. The van der Waals surface area contributed by atoms with Crippen molar-refractivity contribution < 1.29 is 14.3 Å². The molecule has 0 fully saturated rings. The number of methoxy groups -OCH3 is 1. The smallest absolute Gasteiger partial charge is 0.309 e. The van der Waals surface area contributed by atoms with Gasteiger partial charge in [-0.15, -0.1) is 0 Å². The molecule has 1 aliphatic rings. The number of nitrogens with two attached hydrogens (primary N) is 1. The molecule has 0 saturated carbocycles. The van der Waals surface area contributed by atoms with Gasteiger partial charge in [0.25, 0.3) is 0 Å². The van der Waals surface area contributed by atoms with E-state index in [2.05, 4.69) is 53.5 Å². The number of nitrogen functional groups attached to an aromatic ring is 1. The molecule has 3 aromatic carbocycles. The molecule has 0 bridgehead atoms. The number of rotatable bonds is 7. The Bertz CT molecular complexity index is 1240. The van der Waals surface area contributed by atoms with Crippen LogP contribution in [0.15, 0.2) is 54.6 Å². The number of nitrogens with zero attached hydrogens (tertiary/aromatic N) is 1. The number of hydrogen-bond donors (Lipinski definition) is 2. The average molecular weight is 488 g/mol. The maximum Gasteiger partial charge on any atom is 0.309 e. The van der Waals surface area contributed by atoms with Gasteiger partial charge >= 0.3 is 5.97 Å². The predicted molar refractivity (Wildman–Crippen MR) is 145 cm³/mol. The van der Waals surface area contributed by atoms with E-state index in [1.807, 2.05) is 39.1 Å². The largest absolute Gasteiger partial charge is 0.492 e. The maximum atomic E-state index is 12.8. The average Bonchev–Trinajstić information content (AvgIpc) is 3.09. The summed E-state index contributed by atoms with van der Waals surface area (Å²) < 4.78 is 11.1. The van der Waals surface area contributed by atoms with Crippen molar-refractivity contribution in [3.63, 3.8) is 0 Å². The Hall–Kier alpha value is -3.51. The molecule has 3 N–H and O–H groups in total. The predicted octanol–water partition coefficient (Wildman–Crippen LogP) is 5.26. The van der Waals surface area contributed by atoms with Crippen LogP contribution in [-0.2, 0) is 22.6 Å². The topological polar surface area (TPSA) is 76.8 Å². The molecule has 4 rings (SSSR count). The molecule has 0 spiro atoms. The van der Waals surface area contributed by atoms with Gasteiger partial charge in [0.2, 0.25) is 0 Å². The molecule has 2 unspecified atom stereocenters. The number of carbonyl (C=O) groups excluding carboxylic acids is 1. The maximum absolute atomic E-state index is 12.8. The molecule has 1 heterocycles. The number of esters is 1. The number of carbonyl (C=O) groups is 1. The number of anilines is 2. The van der Waals surface area contributed by atoms with Gasteiger partial charge in [-0.1, -0.05) is 49.4 Å². The van der Waals surface area contributed by atoms with Crippen molar-refractivity contribution in [3.8, 4) is 5.75 Å². The molecule has 0 aliphatic carbocycles. The molecule has 2 atom stereocenters. The summed E-state index contributed by atoms with van der Waals surface area (Å²) in [5, 5.41) is 3.15. The second kappa shape index (κ2) is 11.0. The molecule has 190 valence electrons. The SMILES string of the molecule is CNc1ccc(C(c2ccc(C)c(CN3CCOc4ccccc4C3)c2)C(C)C(=O)OC)c(C)c1N. The van der Waals surface area contributed by atoms with Crippen LogP contribution >= 0.6 is 0 Å². The van der Waals surface area contributed by atoms with Gasteiger partial charge in [0.15, 0.2) is 0 Å². The molecule has 36 heavy (non-hydrogen) atoms. The van der Waals surface area contributed by atoms with Gasteiger partial charge < -0.3 is 20.5 Å². The van der Waals surface area contributed by atoms with Crippen molar-refractivity contribution in [3.05, 3.63) is 88.0 Å². The number of hydrogen-bond acceptors (Lipinski definition) is 6. The number of aryl methyl sites for hydroxylation is 1. The first-order valence-corrected chi connectivity index (χ1v) is 12.5. The van der Waals surface area contributed by atoms with Gasteiger partial charge in [-0.05, 0) is 53.8 Å². The van der Waals surface area contributed by atoms with Crippen molar-refractivity contribution in [1.82, 2.24) is 4.90 Å². The number of para-hydroxylation sites is 1. The molecule has 6 heteroatoms. The van der Waals surface area contributed by atoms with Crippen molar-refractivity contribution in [2.45, 2.75) is 39.8 Å². The zero-order chi connectivity index (χ0) is 25.8. The fraction of sp³-hybridized carbons (Fsp3) is 0.367. The van der Waals surface area contributed by atoms with E-state index in [4.69, 9.17) is 15.2 Å². The Kier molecular flexibility index (Phi) is 7.85. The molecular formula is C30H37N3O3. The zero-order valence-electron chi connectivity index (χ0n) is 21.9. The summed E-state index contributed by atoms with van der Waals surface area (Å²) in [4.78, 5) is 15.2. The minimum absolute atomic E-state index is 0.182. The molecule has 3 aromatic rings. The first-order valence-electron chi connectivity index (χ1n) is 12.5. The van der Waals surface area contributed by atoms with Crippen LogP contribution in [0, 0.1) is 19.8 Å². The quantitative estimate of drug-likeness (QED) is 0.350. The highest BCUT2D eigenvalue weighted by atomic mass is 16.5. The second-order valence-corrected chi connectivity index (χ2v) is 9.63. The summed E-state index contributed by atoms with van der Waals surface area (Å²) >= 11 is 0. The zero-order valence-corrected chi connectivity index (χ0v) is 21.9. The van der Waals surface area contributed by atoms with Crippen molar-refractivity contribution in [2.24, 2.45) is 5.92 Å². The van der Waals surface area contributed by atoms with Crippen molar-refractivity contribution >= 4 is 17.3 Å². The van der Waals surface area contributed by atoms with Gasteiger partial charge in [0, 0.05) is 38.2 Å². The third-order valence-corrected chi connectivity index (χ3v) is 7.39. The van der Waals surface area contributed by atoms with Crippen LogP contribution in [0.3, 0.4) is 0 Å². The number of ether oxygens (including phenoxy) is 2. The number of fused-ring (bicyclic) bond motifs is 1. The fourth-order valence-corrected chi connectivity index (χ4v) is 5.17. The highest BCUT2D eigenvalue weighted by Gasteiger charge is 2.30. The highest BCUT2D eigenvalue weighted by Crippen LogP contribution is 2.39. The van der Waals surface area contributed by atoms with Crippen LogP contribution in [0.1, 0.15) is 46.2 Å². The lowest BCUT2D eigenvalue weighted by Crippen LogP contribution is -2.26. The van der Waals surface area contributed by atoms with Gasteiger partial charge in [-0.2, -0.15) is 0 Å². The Balaban J connectivity index is 1.71. The lowest BCUT2D eigenvalue weighted by Gasteiger charge is -2.28. The van der Waals surface area contributed by atoms with Crippen LogP contribution in [0.4, 0.5) is 11.4 Å². The van der Waals surface area contributed by atoms with Crippen LogP contribution in [0.5, 0.6) is 5.75 Å². The van der Waals surface area contributed by atoms with E-state index < -0.39 is 0 Å². The fourth-order valence-electron chi connectivity index (χ4n) is 5.17. The normalized spacial score (nSPS) is 15.2. The van der Waals surface area contributed by atoms with E-state index in [0.29, 0.717) is 12.3 Å². The first-order chi connectivity index (χ1) is 17.3. The lowest BCUT2D eigenvalue weighted by molar-refractivity contribution is -0.145. The van der Waals surface area contributed by atoms with Crippen LogP contribution in [0.25, 0.3) is 0 Å². The van der Waals surface area contributed by atoms with E-state index in [-0.39, 0.29) is 17.8 Å². The molecule has 6 nitrogen and oxygen atoms in total. The summed E-state index contributed by atoms with van der Waals surface area (Å²) in [6.07, 6.45) is 0. The van der Waals surface area contributed by atoms with Crippen molar-refractivity contribution in [2.75, 3.05) is 38.4 Å². The molecular weight excluding hydrogens is 450 g/mol. The highest BCUT2D eigenvalue weighted by molar-refractivity contribution is 5.76. The third kappa shape index (κ3) is 5.19. The standard InChI is InChI=1S/C30H37N3O3/c1-19-10-11-22(16-24(19)18-33-14-15-36-27-9-7-6-8-23(27)17-33)28(21(3)30(34)35-5)25-12-13-26(32-4)29(31)20(25)2/h6-13,16,21,28,32H,14-15,17-18,31H2,1-5H3. The van der Waals surface area contributed by atoms with E-state index in [0.717, 1.165) is 47.8 Å². The minimum Gasteiger partial charge on any atom is -0.492 e. The molecule has 0 saturated heterocycles. The summed E-state index contributed by atoms with van der Waals surface area (Å²) in [5.74, 6) is 0.176. The molecule has 0 radical (unpaired) electrons. The van der Waals surface area contributed by atoms with Gasteiger partial charge in [-0.25, -0.2) is 0 Å². The van der Waals surface area contributed by atoms with Crippen LogP contribution in [0.2, 0.25) is 0 Å². The Labute approximate surface area is 214 Å². The van der Waals surface area contributed by atoms with E-state index in [1.165, 1.54) is 23.8 Å². The molecule has 0 aromatic heterocycles. The number of nitrogens with one attached hydrogen (secondary N) is 1. The summed E-state index contributed by atoms with van der Waals surface area (Å²) in [5.41, 5.74) is 14.8. The van der Waals surface area contributed by atoms with Gasteiger partial charge in [0.05, 0.1) is 24.4 Å². The summed E-state index contributed by atoms with van der Waals surface area (Å²) in [7, 11) is 3.30. The first kappa shape index (κ1) is 25.6. The molecule has 1 aliphatic heterocycles. The van der Waals surface area contributed by atoms with Gasteiger partial charge in [0.1, 0.15) is 12.4 Å².